The van der Waals surface area contributed by atoms with Gasteiger partial charge in [-0.15, -0.1) is 22.2 Å². The highest BCUT2D eigenvalue weighted by molar-refractivity contribution is 7.50. The molecule has 0 unspecified atom stereocenters. The summed E-state index contributed by atoms with van der Waals surface area (Å²) in [4.78, 5) is 0. The second-order valence-corrected chi connectivity index (χ2v) is 10.3. The fourth-order valence-corrected chi connectivity index (χ4v) is 3.01. The first-order valence-electron chi connectivity index (χ1n) is 4.57. The van der Waals surface area contributed by atoms with Crippen molar-refractivity contribution in [3.8, 4) is 0 Å². The van der Waals surface area contributed by atoms with Crippen molar-refractivity contribution in [2.24, 2.45) is 0 Å². The Morgan fingerprint density at radius 1 is 1.08 bits per heavy atom. The standard InChI is InChI=1S/C10H14Cl2Si/c1-3-9-5-7-10(8-6-9)13(11,12)4-2/h5-8H,3-4H2,1-2H3. The van der Waals surface area contributed by atoms with Gasteiger partial charge in [0.1, 0.15) is 0 Å². The minimum Gasteiger partial charge on any atom is -0.140 e. The van der Waals surface area contributed by atoms with Gasteiger partial charge in [0.15, 0.2) is 0 Å². The summed E-state index contributed by atoms with van der Waals surface area (Å²) in [6.45, 7) is 2.04. The van der Waals surface area contributed by atoms with Crippen LogP contribution in [0, 0.1) is 0 Å². The van der Waals surface area contributed by atoms with E-state index in [4.69, 9.17) is 22.2 Å². The molecule has 0 saturated heterocycles. The highest BCUT2D eigenvalue weighted by Crippen LogP contribution is 2.19. The SMILES string of the molecule is CCc1ccc([Si](Cl)(Cl)CC)cc1. The molecule has 0 heterocycles. The van der Waals surface area contributed by atoms with Crippen LogP contribution in [-0.4, -0.2) is 6.69 Å². The molecule has 0 aliphatic rings. The van der Waals surface area contributed by atoms with Crippen molar-refractivity contribution < 1.29 is 0 Å². The van der Waals surface area contributed by atoms with Crippen LogP contribution < -0.4 is 5.19 Å². The van der Waals surface area contributed by atoms with Gasteiger partial charge in [0.2, 0.25) is 0 Å². The zero-order valence-corrected chi connectivity index (χ0v) is 10.5. The van der Waals surface area contributed by atoms with Gasteiger partial charge in [-0.25, -0.2) is 0 Å². The largest absolute Gasteiger partial charge is 0.280 e. The molecule has 0 atom stereocenters. The van der Waals surface area contributed by atoms with Crippen molar-refractivity contribution in [1.29, 1.82) is 0 Å². The van der Waals surface area contributed by atoms with E-state index >= 15 is 0 Å². The topological polar surface area (TPSA) is 0 Å². The van der Waals surface area contributed by atoms with Crippen LogP contribution in [0.5, 0.6) is 0 Å². The highest BCUT2D eigenvalue weighted by Gasteiger charge is 2.27. The van der Waals surface area contributed by atoms with Gasteiger partial charge in [0.05, 0.1) is 0 Å². The third kappa shape index (κ3) is 2.73. The van der Waals surface area contributed by atoms with Gasteiger partial charge < -0.3 is 0 Å². The van der Waals surface area contributed by atoms with E-state index in [1.54, 1.807) is 0 Å². The van der Waals surface area contributed by atoms with Gasteiger partial charge in [-0.05, 0) is 23.2 Å². The minimum absolute atomic E-state index is 0.863. The lowest BCUT2D eigenvalue weighted by molar-refractivity contribution is 1.14. The Morgan fingerprint density at radius 3 is 2.00 bits per heavy atom. The number of benzene rings is 1. The fourth-order valence-electron chi connectivity index (χ4n) is 1.19. The van der Waals surface area contributed by atoms with E-state index in [0.29, 0.717) is 0 Å². The molecule has 0 aliphatic carbocycles. The highest BCUT2D eigenvalue weighted by atomic mass is 35.7. The van der Waals surface area contributed by atoms with Gasteiger partial charge in [0.25, 0.3) is 6.69 Å². The molecule has 0 nitrogen and oxygen atoms in total. The summed E-state index contributed by atoms with van der Waals surface area (Å²) < 4.78 is 0. The van der Waals surface area contributed by atoms with Gasteiger partial charge in [-0.2, -0.15) is 0 Å². The van der Waals surface area contributed by atoms with Gasteiger partial charge >= 0.3 is 0 Å². The Labute approximate surface area is 90.3 Å². The van der Waals surface area contributed by atoms with E-state index in [9.17, 15) is 0 Å². The second-order valence-electron chi connectivity index (χ2n) is 3.11. The molecule has 72 valence electrons. The van der Waals surface area contributed by atoms with Crippen molar-refractivity contribution in [2.75, 3.05) is 0 Å². The molecule has 1 aromatic rings. The van der Waals surface area contributed by atoms with Gasteiger partial charge in [0, 0.05) is 0 Å². The van der Waals surface area contributed by atoms with Crippen molar-refractivity contribution in [3.05, 3.63) is 29.8 Å². The molecule has 0 spiro atoms. The third-order valence-corrected chi connectivity index (χ3v) is 7.21. The second kappa shape index (κ2) is 4.49. The Hall–Kier alpha value is 0.0169. The molecule has 0 bridgehead atoms. The van der Waals surface area contributed by atoms with E-state index in [2.05, 4.69) is 31.2 Å². The lowest BCUT2D eigenvalue weighted by Gasteiger charge is -2.14. The summed E-state index contributed by atoms with van der Waals surface area (Å²) in [6, 6.07) is 9.21. The first-order chi connectivity index (χ1) is 6.10. The summed E-state index contributed by atoms with van der Waals surface area (Å²) in [6.07, 6.45) is 1.06. The van der Waals surface area contributed by atoms with Crippen LogP contribution >= 0.6 is 22.2 Å². The first kappa shape index (κ1) is 11.1. The van der Waals surface area contributed by atoms with Crippen LogP contribution in [0.3, 0.4) is 0 Å². The zero-order chi connectivity index (χ0) is 9.90. The Morgan fingerprint density at radius 2 is 1.62 bits per heavy atom. The summed E-state index contributed by atoms with van der Waals surface area (Å²) in [5.41, 5.74) is 1.33. The molecule has 13 heavy (non-hydrogen) atoms. The summed E-state index contributed by atoms with van der Waals surface area (Å²) in [7, 11) is 0. The average Bonchev–Trinajstić information content (AvgIpc) is 2.18. The molecular weight excluding hydrogens is 219 g/mol. The van der Waals surface area contributed by atoms with E-state index in [1.165, 1.54) is 5.56 Å². The monoisotopic (exact) mass is 232 g/mol. The molecule has 3 heteroatoms. The maximum Gasteiger partial charge on any atom is 0.280 e. The number of hydrogen-bond acceptors (Lipinski definition) is 0. The predicted octanol–water partition coefficient (Wildman–Crippen LogP) is 3.40. The average molecular weight is 233 g/mol. The van der Waals surface area contributed by atoms with Crippen LogP contribution in [0.15, 0.2) is 24.3 Å². The van der Waals surface area contributed by atoms with Gasteiger partial charge in [-0.3, -0.25) is 0 Å². The first-order valence-corrected chi connectivity index (χ1v) is 8.80. The lowest BCUT2D eigenvalue weighted by atomic mass is 10.2. The van der Waals surface area contributed by atoms with E-state index in [1.807, 2.05) is 6.92 Å². The fraction of sp³-hybridized carbons (Fsp3) is 0.400. The molecule has 0 aliphatic heterocycles. The molecule has 0 fully saturated rings. The lowest BCUT2D eigenvalue weighted by Crippen LogP contribution is -2.35. The maximum atomic E-state index is 6.25. The number of rotatable bonds is 3. The van der Waals surface area contributed by atoms with Crippen LogP contribution in [0.4, 0.5) is 0 Å². The Bertz CT molecular complexity index is 267. The molecular formula is C10H14Cl2Si. The number of hydrogen-bond donors (Lipinski definition) is 0. The molecule has 0 saturated carbocycles. The van der Waals surface area contributed by atoms with Crippen molar-refractivity contribution in [3.63, 3.8) is 0 Å². The van der Waals surface area contributed by atoms with E-state index in [-0.39, 0.29) is 0 Å². The molecule has 0 N–H and O–H groups in total. The molecule has 0 aromatic heterocycles. The number of aryl methyl sites for hydroxylation is 1. The quantitative estimate of drug-likeness (QED) is 0.554. The normalized spacial score (nSPS) is 11.7. The summed E-state index contributed by atoms with van der Waals surface area (Å²) in [5, 5.41) is 1.12. The van der Waals surface area contributed by atoms with Crippen molar-refractivity contribution in [1.82, 2.24) is 0 Å². The molecule has 1 aromatic carbocycles. The van der Waals surface area contributed by atoms with Crippen molar-refractivity contribution in [2.45, 2.75) is 26.3 Å². The predicted molar refractivity (Wildman–Crippen MR) is 63.4 cm³/mol. The van der Waals surface area contributed by atoms with Crippen molar-refractivity contribution >= 4 is 34.0 Å². The van der Waals surface area contributed by atoms with Crippen LogP contribution in [0.1, 0.15) is 19.4 Å². The van der Waals surface area contributed by atoms with Crippen LogP contribution in [0.25, 0.3) is 0 Å². The Balaban J connectivity index is 2.92. The minimum atomic E-state index is -2.14. The van der Waals surface area contributed by atoms with Crippen LogP contribution in [0.2, 0.25) is 6.04 Å². The van der Waals surface area contributed by atoms with E-state index < -0.39 is 6.69 Å². The summed E-state index contributed by atoms with van der Waals surface area (Å²) >= 11 is 12.5. The zero-order valence-electron chi connectivity index (χ0n) is 7.98. The van der Waals surface area contributed by atoms with E-state index in [0.717, 1.165) is 17.7 Å². The Kier molecular flexibility index (Phi) is 3.83. The van der Waals surface area contributed by atoms with Gasteiger partial charge in [-0.1, -0.05) is 38.1 Å². The summed E-state index contributed by atoms with van der Waals surface area (Å²) in [5.74, 6) is 0. The van der Waals surface area contributed by atoms with Crippen LogP contribution in [-0.2, 0) is 6.42 Å². The third-order valence-electron chi connectivity index (χ3n) is 2.23. The maximum absolute atomic E-state index is 6.25. The molecule has 1 rings (SSSR count). The smallest absolute Gasteiger partial charge is 0.140 e. The number of halogens is 2. The molecule has 0 amide bonds. The molecule has 0 radical (unpaired) electrons.